The Hall–Kier alpha value is -3.90. The molecule has 1 amide bonds. The Morgan fingerprint density at radius 2 is 2.03 bits per heavy atom. The minimum Gasteiger partial charge on any atom is -0.494 e. The summed E-state index contributed by atoms with van der Waals surface area (Å²) in [6, 6.07) is 3.73. The van der Waals surface area contributed by atoms with Gasteiger partial charge in [-0.05, 0) is 37.4 Å². The van der Waals surface area contributed by atoms with Gasteiger partial charge in [0.05, 0.1) is 37.3 Å². The highest BCUT2D eigenvalue weighted by Crippen LogP contribution is 2.42. The van der Waals surface area contributed by atoms with Gasteiger partial charge in [-0.2, -0.15) is 0 Å². The number of ether oxygens (including phenoxy) is 1. The topological polar surface area (TPSA) is 148 Å². The first-order valence-electron chi connectivity index (χ1n) is 12.5. The average molecular weight is 528 g/mol. The number of carbonyl (C=O) groups excluding carboxylic acids is 1. The van der Waals surface area contributed by atoms with Crippen LogP contribution < -0.4 is 32.2 Å². The number of nitrogens with one attached hydrogen (secondary N) is 2. The van der Waals surface area contributed by atoms with Gasteiger partial charge in [-0.25, -0.2) is 9.37 Å². The lowest BCUT2D eigenvalue weighted by atomic mass is 10.1. The van der Waals surface area contributed by atoms with Crippen LogP contribution >= 0.6 is 0 Å². The Morgan fingerprint density at radius 3 is 2.74 bits per heavy atom. The van der Waals surface area contributed by atoms with Crippen LogP contribution in [0.1, 0.15) is 37.1 Å². The number of likely N-dealkylation sites (N-methyl/N-ethyl adjacent to an activating group) is 1. The number of amides is 1. The quantitative estimate of drug-likeness (QED) is 0.307. The predicted molar refractivity (Wildman–Crippen MR) is 146 cm³/mol. The largest absolute Gasteiger partial charge is 0.494 e. The summed E-state index contributed by atoms with van der Waals surface area (Å²) in [6.07, 6.45) is 9.54. The van der Waals surface area contributed by atoms with Gasteiger partial charge in [0.25, 0.3) is 5.91 Å². The Balaban J connectivity index is 0.00000210. The molecule has 2 fully saturated rings. The molecule has 0 atom stereocenters. The fourth-order valence-corrected chi connectivity index (χ4v) is 4.50. The lowest BCUT2D eigenvalue weighted by Gasteiger charge is -2.34. The second-order valence-corrected chi connectivity index (χ2v) is 9.62. The Morgan fingerprint density at radius 1 is 1.26 bits per heavy atom. The maximum absolute atomic E-state index is 14.2. The number of pyridine rings is 2. The molecular weight excluding hydrogens is 489 g/mol. The van der Waals surface area contributed by atoms with Crippen molar-refractivity contribution in [3.05, 3.63) is 65.4 Å². The van der Waals surface area contributed by atoms with Crippen LogP contribution in [0.3, 0.4) is 0 Å². The van der Waals surface area contributed by atoms with E-state index in [4.69, 9.17) is 15.5 Å². The van der Waals surface area contributed by atoms with E-state index in [1.54, 1.807) is 0 Å². The number of rotatable bonds is 9. The fraction of sp³-hybridized carbons (Fsp3) is 0.423. The second kappa shape index (κ2) is 11.7. The number of nitrogens with two attached hydrogens (primary N) is 1. The van der Waals surface area contributed by atoms with Crippen molar-refractivity contribution in [3.63, 3.8) is 0 Å². The van der Waals surface area contributed by atoms with Crippen molar-refractivity contribution < 1.29 is 15.3 Å². The van der Waals surface area contributed by atoms with Gasteiger partial charge < -0.3 is 41.5 Å². The van der Waals surface area contributed by atoms with E-state index in [0.29, 0.717) is 12.5 Å². The van der Waals surface area contributed by atoms with Gasteiger partial charge in [-0.1, -0.05) is 0 Å². The molecule has 0 aromatic carbocycles. The van der Waals surface area contributed by atoms with Gasteiger partial charge in [-0.3, -0.25) is 9.78 Å². The molecule has 3 aromatic heterocycles. The summed E-state index contributed by atoms with van der Waals surface area (Å²) < 4.78 is 21.3. The number of aromatic nitrogens is 3. The zero-order chi connectivity index (χ0) is 25.9. The highest BCUT2D eigenvalue weighted by atomic mass is 19.1. The van der Waals surface area contributed by atoms with Crippen molar-refractivity contribution in [1.82, 2.24) is 36.1 Å². The van der Waals surface area contributed by atoms with Crippen LogP contribution in [0.25, 0.3) is 5.65 Å². The lowest BCUT2D eigenvalue weighted by Crippen LogP contribution is -2.44. The highest BCUT2D eigenvalue weighted by molar-refractivity contribution is 5.92. The van der Waals surface area contributed by atoms with Gasteiger partial charge in [0.15, 0.2) is 17.2 Å². The molecule has 1 aliphatic carbocycles. The van der Waals surface area contributed by atoms with Crippen LogP contribution in [0, 0.1) is 5.82 Å². The van der Waals surface area contributed by atoms with E-state index in [1.807, 2.05) is 6.20 Å². The molecule has 0 radical (unpaired) electrons. The number of imidazole rings is 1. The summed E-state index contributed by atoms with van der Waals surface area (Å²) in [5.74, 6) is -0.435. The van der Waals surface area contributed by atoms with E-state index in [9.17, 15) is 9.18 Å². The van der Waals surface area contributed by atoms with Crippen LogP contribution in [0.15, 0.2) is 42.6 Å². The minimum absolute atomic E-state index is 0. The summed E-state index contributed by atoms with van der Waals surface area (Å²) in [7, 11) is 3.52. The minimum atomic E-state index is -0.612. The molecule has 11 nitrogen and oxygen atoms in total. The van der Waals surface area contributed by atoms with Crippen molar-refractivity contribution in [2.45, 2.75) is 31.8 Å². The van der Waals surface area contributed by atoms with E-state index >= 15 is 0 Å². The van der Waals surface area contributed by atoms with Crippen molar-refractivity contribution in [1.29, 1.82) is 0 Å². The molecule has 7 N–H and O–H groups in total. The molecule has 5 rings (SSSR count). The summed E-state index contributed by atoms with van der Waals surface area (Å²) in [5.41, 5.74) is 10.3. The van der Waals surface area contributed by atoms with Gasteiger partial charge in [0.1, 0.15) is 5.70 Å². The number of halogens is 1. The second-order valence-electron chi connectivity index (χ2n) is 9.62. The van der Waals surface area contributed by atoms with Crippen molar-refractivity contribution in [3.8, 4) is 5.75 Å². The third-order valence-electron chi connectivity index (χ3n) is 6.86. The molecule has 38 heavy (non-hydrogen) atoms. The van der Waals surface area contributed by atoms with Crippen LogP contribution in [0.5, 0.6) is 5.75 Å². The van der Waals surface area contributed by atoms with E-state index in [-0.39, 0.29) is 31.3 Å². The Bertz CT molecular complexity index is 1320. The first-order valence-corrected chi connectivity index (χ1v) is 12.5. The van der Waals surface area contributed by atoms with E-state index in [2.05, 4.69) is 49.1 Å². The van der Waals surface area contributed by atoms with E-state index < -0.39 is 11.7 Å². The molecule has 1 saturated carbocycles. The molecule has 206 valence electrons. The molecule has 1 aliphatic heterocycles. The number of hydrogen-bond donors (Lipinski definition) is 4. The molecule has 1 saturated heterocycles. The van der Waals surface area contributed by atoms with Gasteiger partial charge in [-0.15, -0.1) is 0 Å². The summed E-state index contributed by atoms with van der Waals surface area (Å²) in [6.45, 7) is 4.31. The molecule has 3 aromatic rings. The first-order chi connectivity index (χ1) is 17.9. The number of fused-ring (bicyclic) bond motifs is 1. The maximum atomic E-state index is 14.2. The normalized spacial score (nSPS) is 16.3. The molecule has 0 bridgehead atoms. The monoisotopic (exact) mass is 527 g/mol. The van der Waals surface area contributed by atoms with Crippen LogP contribution in [0.2, 0.25) is 0 Å². The lowest BCUT2D eigenvalue weighted by molar-refractivity contribution is -0.117. The number of anilines is 1. The summed E-state index contributed by atoms with van der Waals surface area (Å²) >= 11 is 0. The van der Waals surface area contributed by atoms with Gasteiger partial charge in [0, 0.05) is 58.5 Å². The molecule has 12 heteroatoms. The van der Waals surface area contributed by atoms with Crippen LogP contribution in [0.4, 0.5) is 10.1 Å². The van der Waals surface area contributed by atoms with Gasteiger partial charge in [0.2, 0.25) is 0 Å². The zero-order valence-corrected chi connectivity index (χ0v) is 21.9. The Kier molecular flexibility index (Phi) is 8.32. The third kappa shape index (κ3) is 5.97. The number of nitrogens with zero attached hydrogens (tertiary/aromatic N) is 5. The van der Waals surface area contributed by atoms with Crippen LogP contribution in [-0.4, -0.2) is 65.5 Å². The first kappa shape index (κ1) is 27.1. The molecule has 4 heterocycles. The van der Waals surface area contributed by atoms with Crippen molar-refractivity contribution in [2.24, 2.45) is 5.73 Å². The third-order valence-corrected chi connectivity index (χ3v) is 6.86. The number of methoxy groups -OCH3 is 1. The average Bonchev–Trinajstić information content (AvgIpc) is 3.67. The SMILES string of the molecule is COc1ccnc(CNC(=O)/C(N)=C/NCc2cn3cc(C4CC4)cc(N4CCN(C)CC4)c3n2)c1F.N.[HH]. The Labute approximate surface area is 222 Å². The predicted octanol–water partition coefficient (Wildman–Crippen LogP) is 2.12. The molecular formula is C26H38FN9O2. The molecule has 2 aliphatic rings. The molecule has 0 unspecified atom stereocenters. The summed E-state index contributed by atoms with van der Waals surface area (Å²) in [4.78, 5) is 26.0. The van der Waals surface area contributed by atoms with Crippen molar-refractivity contribution >= 4 is 17.2 Å². The van der Waals surface area contributed by atoms with E-state index in [0.717, 1.165) is 37.5 Å². The smallest absolute Gasteiger partial charge is 0.268 e. The maximum Gasteiger partial charge on any atom is 0.268 e. The summed E-state index contributed by atoms with van der Waals surface area (Å²) in [5, 5.41) is 5.64. The number of piperazine rings is 1. The standard InChI is InChI=1S/C26H33FN8O2.H3N.H2/c1-33-7-9-34(10-8-33)22-11-18(17-3-4-17)15-35-16-19(32-25(22)35)12-29-13-20(28)26(36)31-14-21-24(27)23(37-2)5-6-30-21;;/h5-6,11,13,15-17,29H,3-4,7-10,12,14,28H2,1-2H3,(H,31,36);1H3;1H/b20-13-;;. The zero-order valence-electron chi connectivity index (χ0n) is 21.9. The fourth-order valence-electron chi connectivity index (χ4n) is 4.50. The van der Waals surface area contributed by atoms with Crippen LogP contribution in [-0.2, 0) is 17.9 Å². The van der Waals surface area contributed by atoms with Gasteiger partial charge >= 0.3 is 0 Å². The molecule has 0 spiro atoms. The van der Waals surface area contributed by atoms with Crippen molar-refractivity contribution in [2.75, 3.05) is 45.2 Å². The number of carbonyl (C=O) groups is 1. The number of hydrogen-bond acceptors (Lipinski definition) is 9. The van der Waals surface area contributed by atoms with E-state index in [1.165, 1.54) is 49.7 Å². The highest BCUT2D eigenvalue weighted by Gasteiger charge is 2.27.